The molecule has 20 heavy (non-hydrogen) atoms. The van der Waals surface area contributed by atoms with Crippen LogP contribution in [0.3, 0.4) is 0 Å². The van der Waals surface area contributed by atoms with Gasteiger partial charge < -0.3 is 10.6 Å². The summed E-state index contributed by atoms with van der Waals surface area (Å²) in [6.45, 7) is 2.74. The minimum atomic E-state index is -0.420. The quantitative estimate of drug-likeness (QED) is 0.462. The Morgan fingerprint density at radius 1 is 1.30 bits per heavy atom. The maximum atomic E-state index is 11.0. The Morgan fingerprint density at radius 3 is 2.60 bits per heavy atom. The van der Waals surface area contributed by atoms with Gasteiger partial charge in [-0.1, -0.05) is 0 Å². The average molecular weight is 279 g/mol. The highest BCUT2D eigenvalue weighted by molar-refractivity contribution is 5.59. The van der Waals surface area contributed by atoms with E-state index in [-0.39, 0.29) is 5.69 Å². The molecule has 0 aliphatic rings. The lowest BCUT2D eigenvalue weighted by atomic mass is 10.4. The molecule has 2 N–H and O–H groups in total. The van der Waals surface area contributed by atoms with E-state index in [2.05, 4.69) is 20.8 Å². The molecule has 9 nitrogen and oxygen atoms in total. The van der Waals surface area contributed by atoms with Crippen molar-refractivity contribution in [1.82, 2.24) is 19.6 Å². The molecule has 0 aliphatic carbocycles. The number of anilines is 2. The van der Waals surface area contributed by atoms with Crippen LogP contribution in [0.25, 0.3) is 0 Å². The van der Waals surface area contributed by atoms with Crippen LogP contribution in [0.4, 0.5) is 17.3 Å². The second-order valence-corrected chi connectivity index (χ2v) is 4.39. The van der Waals surface area contributed by atoms with Gasteiger partial charge in [-0.3, -0.25) is 14.8 Å². The van der Waals surface area contributed by atoms with Crippen molar-refractivity contribution < 1.29 is 4.92 Å². The lowest BCUT2D eigenvalue weighted by Gasteiger charge is -2.06. The van der Waals surface area contributed by atoms with Crippen molar-refractivity contribution in [3.05, 3.63) is 28.1 Å². The van der Waals surface area contributed by atoms with Crippen LogP contribution in [-0.4, -0.2) is 37.6 Å². The van der Waals surface area contributed by atoms with Gasteiger partial charge in [0.15, 0.2) is 0 Å². The molecule has 0 spiro atoms. The zero-order chi connectivity index (χ0) is 14.7. The molecular weight excluding hydrogens is 262 g/mol. The first-order valence-corrected chi connectivity index (χ1v) is 6.14. The van der Waals surface area contributed by atoms with Gasteiger partial charge in [0.2, 0.25) is 5.82 Å². The van der Waals surface area contributed by atoms with Crippen LogP contribution >= 0.6 is 0 Å². The van der Waals surface area contributed by atoms with Crippen LogP contribution in [0.2, 0.25) is 0 Å². The molecule has 2 heterocycles. The summed E-state index contributed by atoms with van der Waals surface area (Å²) >= 11 is 0. The molecule has 0 radical (unpaired) electrons. The van der Waals surface area contributed by atoms with Crippen LogP contribution in [0.5, 0.6) is 0 Å². The molecule has 0 aliphatic heterocycles. The predicted octanol–water partition coefficient (Wildman–Crippen LogP) is 0.894. The van der Waals surface area contributed by atoms with Crippen molar-refractivity contribution in [1.29, 1.82) is 0 Å². The minimum Gasteiger partial charge on any atom is -0.367 e. The van der Waals surface area contributed by atoms with E-state index in [0.717, 1.165) is 5.82 Å². The summed E-state index contributed by atoms with van der Waals surface area (Å²) in [5, 5.41) is 25.4. The van der Waals surface area contributed by atoms with E-state index in [0.29, 0.717) is 24.6 Å². The van der Waals surface area contributed by atoms with Crippen molar-refractivity contribution in [2.45, 2.75) is 6.92 Å². The fraction of sp³-hybridized carbons (Fsp3) is 0.455. The number of nitro groups is 1. The van der Waals surface area contributed by atoms with Crippen molar-refractivity contribution in [2.75, 3.05) is 23.7 Å². The van der Waals surface area contributed by atoms with Gasteiger partial charge in [-0.05, 0) is 6.92 Å². The number of aryl methyl sites for hydroxylation is 3. The number of nitrogens with one attached hydrogen (secondary N) is 2. The second-order valence-electron chi connectivity index (χ2n) is 4.39. The number of hydrogen-bond donors (Lipinski definition) is 2. The largest absolute Gasteiger partial charge is 0.367 e. The highest BCUT2D eigenvalue weighted by Gasteiger charge is 2.23. The molecule has 0 bridgehead atoms. The Balaban J connectivity index is 1.92. The van der Waals surface area contributed by atoms with Gasteiger partial charge in [-0.15, -0.1) is 0 Å². The summed E-state index contributed by atoms with van der Waals surface area (Å²) < 4.78 is 3.18. The van der Waals surface area contributed by atoms with E-state index in [4.69, 9.17) is 0 Å². The van der Waals surface area contributed by atoms with Gasteiger partial charge in [0.25, 0.3) is 0 Å². The van der Waals surface area contributed by atoms with Gasteiger partial charge in [0.1, 0.15) is 11.5 Å². The highest BCUT2D eigenvalue weighted by atomic mass is 16.6. The maximum Gasteiger partial charge on any atom is 0.333 e. The van der Waals surface area contributed by atoms with Crippen LogP contribution in [0.1, 0.15) is 5.69 Å². The molecule has 0 atom stereocenters. The summed E-state index contributed by atoms with van der Waals surface area (Å²) in [4.78, 5) is 10.6. The van der Waals surface area contributed by atoms with Crippen LogP contribution < -0.4 is 10.6 Å². The smallest absolute Gasteiger partial charge is 0.333 e. The van der Waals surface area contributed by atoms with Crippen LogP contribution in [0.15, 0.2) is 12.3 Å². The Bertz CT molecular complexity index is 616. The van der Waals surface area contributed by atoms with Gasteiger partial charge in [0, 0.05) is 39.4 Å². The number of hydrogen-bond acceptors (Lipinski definition) is 6. The molecule has 2 aromatic rings. The zero-order valence-electron chi connectivity index (χ0n) is 11.6. The lowest BCUT2D eigenvalue weighted by Crippen LogP contribution is -2.16. The van der Waals surface area contributed by atoms with Crippen molar-refractivity contribution in [2.24, 2.45) is 14.1 Å². The van der Waals surface area contributed by atoms with Gasteiger partial charge >= 0.3 is 5.69 Å². The molecule has 0 saturated carbocycles. The molecule has 2 aromatic heterocycles. The Hall–Kier alpha value is -2.58. The topological polar surface area (TPSA) is 103 Å². The standard InChI is InChI=1S/C11H17N7O2/c1-8-10(18(19)20)11(17(3)14-8)13-6-5-12-9-4-7-16(2)15-9/h4,7,13H,5-6H2,1-3H3,(H,12,15). The van der Waals surface area contributed by atoms with Crippen LogP contribution in [0, 0.1) is 17.0 Å². The molecular formula is C11H17N7O2. The SMILES string of the molecule is Cc1nn(C)c(NCCNc2ccn(C)n2)c1[N+](=O)[O-]. The third kappa shape index (κ3) is 2.87. The molecule has 0 unspecified atom stereocenters. The summed E-state index contributed by atoms with van der Waals surface area (Å²) in [5.74, 6) is 1.18. The maximum absolute atomic E-state index is 11.0. The normalized spacial score (nSPS) is 10.6. The number of nitrogens with zero attached hydrogens (tertiary/aromatic N) is 5. The van der Waals surface area contributed by atoms with Gasteiger partial charge in [0.05, 0.1) is 4.92 Å². The fourth-order valence-electron chi connectivity index (χ4n) is 1.94. The first-order valence-electron chi connectivity index (χ1n) is 6.14. The van der Waals surface area contributed by atoms with E-state index in [1.165, 1.54) is 4.68 Å². The third-order valence-corrected chi connectivity index (χ3v) is 2.81. The van der Waals surface area contributed by atoms with E-state index in [1.54, 1.807) is 18.7 Å². The molecule has 2 rings (SSSR count). The van der Waals surface area contributed by atoms with Crippen molar-refractivity contribution >= 4 is 17.3 Å². The molecule has 0 aromatic carbocycles. The average Bonchev–Trinajstić information content (AvgIpc) is 2.89. The van der Waals surface area contributed by atoms with Gasteiger partial charge in [-0.2, -0.15) is 10.2 Å². The Labute approximate surface area is 115 Å². The summed E-state index contributed by atoms with van der Waals surface area (Å²) in [5.41, 5.74) is 0.419. The van der Waals surface area contributed by atoms with E-state index >= 15 is 0 Å². The van der Waals surface area contributed by atoms with Gasteiger partial charge in [-0.25, -0.2) is 4.68 Å². The van der Waals surface area contributed by atoms with Crippen molar-refractivity contribution in [3.63, 3.8) is 0 Å². The molecule has 9 heteroatoms. The Kier molecular flexibility index (Phi) is 3.87. The minimum absolute atomic E-state index is 0.0188. The summed E-state index contributed by atoms with van der Waals surface area (Å²) in [7, 11) is 3.51. The summed E-state index contributed by atoms with van der Waals surface area (Å²) in [6.07, 6.45) is 1.84. The number of aromatic nitrogens is 4. The molecule has 0 saturated heterocycles. The molecule has 0 amide bonds. The fourth-order valence-corrected chi connectivity index (χ4v) is 1.94. The van der Waals surface area contributed by atoms with Crippen LogP contribution in [-0.2, 0) is 14.1 Å². The predicted molar refractivity (Wildman–Crippen MR) is 74.8 cm³/mol. The Morgan fingerprint density at radius 2 is 2.00 bits per heavy atom. The zero-order valence-corrected chi connectivity index (χ0v) is 11.6. The second kappa shape index (κ2) is 5.59. The third-order valence-electron chi connectivity index (χ3n) is 2.81. The van der Waals surface area contributed by atoms with E-state index in [1.807, 2.05) is 19.3 Å². The monoisotopic (exact) mass is 279 g/mol. The first-order chi connectivity index (χ1) is 9.49. The number of rotatable bonds is 6. The highest BCUT2D eigenvalue weighted by Crippen LogP contribution is 2.26. The van der Waals surface area contributed by atoms with E-state index in [9.17, 15) is 10.1 Å². The first kappa shape index (κ1) is 13.8. The summed E-state index contributed by atoms with van der Waals surface area (Å²) in [6, 6.07) is 1.86. The lowest BCUT2D eigenvalue weighted by molar-refractivity contribution is -0.384. The molecule has 0 fully saturated rings. The molecule has 108 valence electrons. The van der Waals surface area contributed by atoms with Crippen molar-refractivity contribution in [3.8, 4) is 0 Å². The van der Waals surface area contributed by atoms with E-state index < -0.39 is 4.92 Å².